The fourth-order valence-corrected chi connectivity index (χ4v) is 4.57. The summed E-state index contributed by atoms with van der Waals surface area (Å²) in [5.41, 5.74) is 0.536. The van der Waals surface area contributed by atoms with Crippen LogP contribution in [0, 0.1) is 0 Å². The molecule has 1 heterocycles. The molecule has 108 valence electrons. The Morgan fingerprint density at radius 1 is 1.40 bits per heavy atom. The number of halogens is 1. The lowest BCUT2D eigenvalue weighted by atomic mass is 10.1. The van der Waals surface area contributed by atoms with Crippen LogP contribution in [0.4, 0.5) is 0 Å². The maximum Gasteiger partial charge on any atom is 0.254 e. The lowest BCUT2D eigenvalue weighted by Gasteiger charge is -2.24. The largest absolute Gasteiger partial charge is 0.508 e. The summed E-state index contributed by atoms with van der Waals surface area (Å²) >= 11 is 6.58. The SMILES string of the molecule is CC(c1ccccc1O)N(C)S(=O)(=O)c1cnc(Cl)s1. The van der Waals surface area contributed by atoms with Crippen LogP contribution in [-0.4, -0.2) is 29.9 Å². The quantitative estimate of drug-likeness (QED) is 0.934. The normalized spacial score (nSPS) is 13.6. The molecule has 5 nitrogen and oxygen atoms in total. The van der Waals surface area contributed by atoms with E-state index in [4.69, 9.17) is 11.6 Å². The Morgan fingerprint density at radius 2 is 2.05 bits per heavy atom. The van der Waals surface area contributed by atoms with Gasteiger partial charge >= 0.3 is 0 Å². The monoisotopic (exact) mass is 332 g/mol. The number of hydrogen-bond donors (Lipinski definition) is 1. The lowest BCUT2D eigenvalue weighted by molar-refractivity contribution is 0.382. The smallest absolute Gasteiger partial charge is 0.254 e. The minimum atomic E-state index is -3.69. The molecule has 1 atom stereocenters. The topological polar surface area (TPSA) is 70.5 Å². The van der Waals surface area contributed by atoms with Gasteiger partial charge in [0.05, 0.1) is 12.2 Å². The lowest BCUT2D eigenvalue weighted by Crippen LogP contribution is -2.29. The van der Waals surface area contributed by atoms with E-state index in [1.54, 1.807) is 25.1 Å². The maximum absolute atomic E-state index is 12.4. The summed E-state index contributed by atoms with van der Waals surface area (Å²) < 4.78 is 26.3. The molecular weight excluding hydrogens is 320 g/mol. The highest BCUT2D eigenvalue weighted by molar-refractivity contribution is 7.91. The van der Waals surface area contributed by atoms with Crippen molar-refractivity contribution in [2.24, 2.45) is 0 Å². The molecule has 0 spiro atoms. The fourth-order valence-electron chi connectivity index (χ4n) is 1.75. The van der Waals surface area contributed by atoms with Crippen molar-refractivity contribution in [3.05, 3.63) is 40.5 Å². The molecule has 0 aliphatic rings. The van der Waals surface area contributed by atoms with Crippen molar-refractivity contribution in [1.82, 2.24) is 9.29 Å². The molecule has 0 saturated carbocycles. The molecule has 8 heteroatoms. The number of aromatic nitrogens is 1. The van der Waals surface area contributed by atoms with Crippen LogP contribution in [0.15, 0.2) is 34.7 Å². The summed E-state index contributed by atoms with van der Waals surface area (Å²) in [7, 11) is -2.23. The van der Waals surface area contributed by atoms with Gasteiger partial charge < -0.3 is 5.11 Å². The number of para-hydroxylation sites is 1. The van der Waals surface area contributed by atoms with Crippen molar-refractivity contribution in [3.63, 3.8) is 0 Å². The van der Waals surface area contributed by atoms with Crippen LogP contribution in [-0.2, 0) is 10.0 Å². The summed E-state index contributed by atoms with van der Waals surface area (Å²) in [5, 5.41) is 9.82. The zero-order chi connectivity index (χ0) is 14.9. The predicted octanol–water partition coefficient (Wildman–Crippen LogP) is 2.88. The molecule has 0 radical (unpaired) electrons. The highest BCUT2D eigenvalue weighted by Crippen LogP contribution is 2.33. The van der Waals surface area contributed by atoms with Gasteiger partial charge in [-0.25, -0.2) is 13.4 Å². The molecule has 0 bridgehead atoms. The molecule has 1 N–H and O–H groups in total. The fraction of sp³-hybridized carbons (Fsp3) is 0.250. The van der Waals surface area contributed by atoms with E-state index in [1.807, 2.05) is 0 Å². The van der Waals surface area contributed by atoms with E-state index in [-0.39, 0.29) is 14.4 Å². The van der Waals surface area contributed by atoms with Crippen LogP contribution >= 0.6 is 22.9 Å². The number of aromatic hydroxyl groups is 1. The number of phenolic OH excluding ortho intramolecular Hbond substituents is 1. The predicted molar refractivity (Wildman–Crippen MR) is 78.6 cm³/mol. The van der Waals surface area contributed by atoms with E-state index >= 15 is 0 Å². The molecule has 1 unspecified atom stereocenters. The first kappa shape index (κ1) is 15.2. The first-order chi connectivity index (χ1) is 9.34. The molecule has 20 heavy (non-hydrogen) atoms. The molecule has 1 aromatic carbocycles. The van der Waals surface area contributed by atoms with E-state index in [0.29, 0.717) is 5.56 Å². The molecule has 0 aliphatic heterocycles. The van der Waals surface area contributed by atoms with Crippen LogP contribution < -0.4 is 0 Å². The third-order valence-electron chi connectivity index (χ3n) is 3.02. The maximum atomic E-state index is 12.4. The zero-order valence-corrected chi connectivity index (χ0v) is 13.2. The number of rotatable bonds is 4. The van der Waals surface area contributed by atoms with E-state index < -0.39 is 16.1 Å². The third kappa shape index (κ3) is 2.80. The van der Waals surface area contributed by atoms with Crippen molar-refractivity contribution < 1.29 is 13.5 Å². The Hall–Kier alpha value is -1.15. The van der Waals surface area contributed by atoms with Gasteiger partial charge in [0, 0.05) is 12.6 Å². The highest BCUT2D eigenvalue weighted by Gasteiger charge is 2.29. The first-order valence-corrected chi connectivity index (χ1v) is 8.34. The Labute approximate surface area is 126 Å². The standard InChI is InChI=1S/C12H13ClN2O3S2/c1-8(9-5-3-4-6-10(9)16)15(2)20(17,18)11-7-14-12(13)19-11/h3-8,16H,1-2H3. The number of hydrogen-bond acceptors (Lipinski definition) is 5. The Bertz CT molecular complexity index is 715. The average molecular weight is 333 g/mol. The second kappa shape index (κ2) is 5.69. The summed E-state index contributed by atoms with van der Waals surface area (Å²) in [6.07, 6.45) is 1.23. The summed E-state index contributed by atoms with van der Waals surface area (Å²) in [4.78, 5) is 3.74. The van der Waals surface area contributed by atoms with Gasteiger partial charge in [0.25, 0.3) is 10.0 Å². The average Bonchev–Trinajstić information content (AvgIpc) is 2.85. The number of sulfonamides is 1. The second-order valence-electron chi connectivity index (χ2n) is 4.19. The summed E-state index contributed by atoms with van der Waals surface area (Å²) in [5.74, 6) is 0.0596. The first-order valence-electron chi connectivity index (χ1n) is 5.71. The second-order valence-corrected chi connectivity index (χ2v) is 8.03. The van der Waals surface area contributed by atoms with E-state index in [0.717, 1.165) is 11.3 Å². The zero-order valence-electron chi connectivity index (χ0n) is 10.8. The number of phenols is 1. The van der Waals surface area contributed by atoms with Crippen molar-refractivity contribution >= 4 is 33.0 Å². The molecule has 0 fully saturated rings. The molecule has 2 aromatic rings. The van der Waals surface area contributed by atoms with Crippen LogP contribution in [0.2, 0.25) is 4.47 Å². The van der Waals surface area contributed by atoms with E-state index in [2.05, 4.69) is 4.98 Å². The van der Waals surface area contributed by atoms with E-state index in [1.165, 1.54) is 23.6 Å². The minimum Gasteiger partial charge on any atom is -0.508 e. The van der Waals surface area contributed by atoms with Crippen LogP contribution in [0.3, 0.4) is 0 Å². The van der Waals surface area contributed by atoms with Gasteiger partial charge in [-0.2, -0.15) is 4.31 Å². The molecule has 0 amide bonds. The Morgan fingerprint density at radius 3 is 2.60 bits per heavy atom. The molecule has 0 aliphatic carbocycles. The number of thiazole rings is 1. The third-order valence-corrected chi connectivity index (χ3v) is 6.50. The number of benzene rings is 1. The van der Waals surface area contributed by atoms with Gasteiger partial charge in [-0.1, -0.05) is 41.1 Å². The van der Waals surface area contributed by atoms with Crippen LogP contribution in [0.25, 0.3) is 0 Å². The molecule has 2 rings (SSSR count). The van der Waals surface area contributed by atoms with Crippen LogP contribution in [0.5, 0.6) is 5.75 Å². The van der Waals surface area contributed by atoms with Gasteiger partial charge in [0.2, 0.25) is 0 Å². The molecule has 1 aromatic heterocycles. The van der Waals surface area contributed by atoms with Gasteiger partial charge in [-0.15, -0.1) is 0 Å². The van der Waals surface area contributed by atoms with Gasteiger partial charge in [-0.3, -0.25) is 0 Å². The van der Waals surface area contributed by atoms with Crippen molar-refractivity contribution in [1.29, 1.82) is 0 Å². The molecular formula is C12H13ClN2O3S2. The Kier molecular flexibility index (Phi) is 4.33. The summed E-state index contributed by atoms with van der Waals surface area (Å²) in [6, 6.07) is 6.13. The van der Waals surface area contributed by atoms with E-state index in [9.17, 15) is 13.5 Å². The minimum absolute atomic E-state index is 0.0596. The van der Waals surface area contributed by atoms with Gasteiger partial charge in [0.15, 0.2) is 8.68 Å². The van der Waals surface area contributed by atoms with Crippen LogP contribution in [0.1, 0.15) is 18.5 Å². The van der Waals surface area contributed by atoms with Crippen molar-refractivity contribution in [2.75, 3.05) is 7.05 Å². The summed E-state index contributed by atoms with van der Waals surface area (Å²) in [6.45, 7) is 1.70. The van der Waals surface area contributed by atoms with Crippen molar-refractivity contribution in [3.8, 4) is 5.75 Å². The molecule has 0 saturated heterocycles. The van der Waals surface area contributed by atoms with Crippen molar-refractivity contribution in [2.45, 2.75) is 17.2 Å². The van der Waals surface area contributed by atoms with Gasteiger partial charge in [-0.05, 0) is 13.0 Å². The van der Waals surface area contributed by atoms with Gasteiger partial charge in [0.1, 0.15) is 5.75 Å². The number of nitrogens with zero attached hydrogens (tertiary/aromatic N) is 2. The Balaban J connectivity index is 2.36. The highest BCUT2D eigenvalue weighted by atomic mass is 35.5.